The molecule has 19 heavy (non-hydrogen) atoms. The van der Waals surface area contributed by atoms with Crippen LogP contribution in [0.25, 0.3) is 0 Å². The fourth-order valence-corrected chi connectivity index (χ4v) is 1.68. The van der Waals surface area contributed by atoms with Gasteiger partial charge in [0.25, 0.3) is 0 Å². The van der Waals surface area contributed by atoms with Crippen LogP contribution >= 0.6 is 0 Å². The topological polar surface area (TPSA) is 55.8 Å². The highest BCUT2D eigenvalue weighted by Crippen LogP contribution is 2.19. The number of anilines is 1. The van der Waals surface area contributed by atoms with E-state index in [1.54, 1.807) is 31.2 Å². The van der Waals surface area contributed by atoms with Crippen LogP contribution < -0.4 is 4.90 Å². The molecule has 0 spiro atoms. The molecule has 1 heterocycles. The number of nitrogens with zero attached hydrogens (tertiary/aromatic N) is 1. The van der Waals surface area contributed by atoms with Gasteiger partial charge in [0, 0.05) is 5.69 Å². The SMILES string of the molecule is C=C(C)COC(=O)c1ccc(N2CCOC2=O)cc1. The number of amides is 1. The predicted octanol–water partition coefficient (Wildman–Crippen LogP) is 2.38. The van der Waals surface area contributed by atoms with Gasteiger partial charge in [-0.3, -0.25) is 4.90 Å². The molecule has 1 saturated heterocycles. The molecular formula is C14H15NO4. The highest BCUT2D eigenvalue weighted by Gasteiger charge is 2.23. The number of hydrogen-bond donors (Lipinski definition) is 0. The molecule has 1 aliphatic heterocycles. The molecule has 2 rings (SSSR count). The molecule has 0 unspecified atom stereocenters. The maximum absolute atomic E-state index is 11.7. The minimum Gasteiger partial charge on any atom is -0.458 e. The Kier molecular flexibility index (Phi) is 3.85. The Labute approximate surface area is 111 Å². The number of ether oxygens (including phenoxy) is 2. The van der Waals surface area contributed by atoms with E-state index in [0.29, 0.717) is 24.4 Å². The van der Waals surface area contributed by atoms with E-state index in [1.807, 2.05) is 0 Å². The van der Waals surface area contributed by atoms with Crippen molar-refractivity contribution in [2.24, 2.45) is 0 Å². The van der Waals surface area contributed by atoms with Crippen molar-refractivity contribution in [1.82, 2.24) is 0 Å². The number of carbonyl (C=O) groups is 2. The lowest BCUT2D eigenvalue weighted by molar-refractivity contribution is 0.0540. The van der Waals surface area contributed by atoms with Crippen molar-refractivity contribution in [1.29, 1.82) is 0 Å². The summed E-state index contributed by atoms with van der Waals surface area (Å²) >= 11 is 0. The number of carbonyl (C=O) groups excluding carboxylic acids is 2. The van der Waals surface area contributed by atoms with Gasteiger partial charge in [-0.2, -0.15) is 0 Å². The van der Waals surface area contributed by atoms with Gasteiger partial charge in [0.05, 0.1) is 12.1 Å². The van der Waals surface area contributed by atoms with Crippen LogP contribution in [-0.2, 0) is 9.47 Å². The standard InChI is InChI=1S/C14H15NO4/c1-10(2)9-19-13(16)11-3-5-12(6-4-11)15-7-8-18-14(15)17/h3-6H,1,7-9H2,2H3. The molecule has 1 fully saturated rings. The van der Waals surface area contributed by atoms with E-state index in [2.05, 4.69) is 6.58 Å². The summed E-state index contributed by atoms with van der Waals surface area (Å²) in [5.74, 6) is -0.404. The van der Waals surface area contributed by atoms with Gasteiger partial charge in [0.15, 0.2) is 0 Å². The fourth-order valence-electron chi connectivity index (χ4n) is 1.68. The van der Waals surface area contributed by atoms with Crippen molar-refractivity contribution in [3.8, 4) is 0 Å². The third-order valence-corrected chi connectivity index (χ3v) is 2.63. The van der Waals surface area contributed by atoms with Crippen LogP contribution in [0, 0.1) is 0 Å². The summed E-state index contributed by atoms with van der Waals surface area (Å²) in [6.45, 7) is 6.57. The molecule has 1 amide bonds. The van der Waals surface area contributed by atoms with E-state index in [0.717, 1.165) is 5.57 Å². The summed E-state index contributed by atoms with van der Waals surface area (Å²) in [7, 11) is 0. The van der Waals surface area contributed by atoms with Crippen LogP contribution in [0.1, 0.15) is 17.3 Å². The molecule has 1 aromatic carbocycles. The molecule has 100 valence electrons. The van der Waals surface area contributed by atoms with Gasteiger partial charge in [0.1, 0.15) is 13.2 Å². The highest BCUT2D eigenvalue weighted by atomic mass is 16.6. The smallest absolute Gasteiger partial charge is 0.414 e. The summed E-state index contributed by atoms with van der Waals surface area (Å²) in [6.07, 6.45) is -0.363. The number of esters is 1. The monoisotopic (exact) mass is 261 g/mol. The van der Waals surface area contributed by atoms with E-state index in [4.69, 9.17) is 9.47 Å². The lowest BCUT2D eigenvalue weighted by Gasteiger charge is -2.12. The second kappa shape index (κ2) is 5.56. The Morgan fingerprint density at radius 2 is 2.11 bits per heavy atom. The zero-order valence-electron chi connectivity index (χ0n) is 10.7. The van der Waals surface area contributed by atoms with Gasteiger partial charge in [-0.1, -0.05) is 6.58 Å². The van der Waals surface area contributed by atoms with E-state index < -0.39 is 5.97 Å². The minimum absolute atomic E-state index is 0.207. The average Bonchev–Trinajstić information content (AvgIpc) is 2.82. The first kappa shape index (κ1) is 13.1. The minimum atomic E-state index is -0.404. The average molecular weight is 261 g/mol. The maximum atomic E-state index is 11.7. The molecule has 0 N–H and O–H groups in total. The van der Waals surface area contributed by atoms with Gasteiger partial charge >= 0.3 is 12.1 Å². The van der Waals surface area contributed by atoms with Gasteiger partial charge in [-0.05, 0) is 36.8 Å². The first-order chi connectivity index (χ1) is 9.08. The number of rotatable bonds is 4. The Hall–Kier alpha value is -2.30. The first-order valence-corrected chi connectivity index (χ1v) is 5.94. The van der Waals surface area contributed by atoms with Crippen molar-refractivity contribution in [2.75, 3.05) is 24.7 Å². The molecular weight excluding hydrogens is 246 g/mol. The highest BCUT2D eigenvalue weighted by molar-refractivity contribution is 5.92. The first-order valence-electron chi connectivity index (χ1n) is 5.94. The van der Waals surface area contributed by atoms with Gasteiger partial charge in [-0.25, -0.2) is 9.59 Å². The van der Waals surface area contributed by atoms with Crippen LogP contribution in [-0.4, -0.2) is 31.8 Å². The predicted molar refractivity (Wildman–Crippen MR) is 70.2 cm³/mol. The van der Waals surface area contributed by atoms with Gasteiger partial charge in [-0.15, -0.1) is 0 Å². The summed E-state index contributed by atoms with van der Waals surface area (Å²) in [5, 5.41) is 0. The Morgan fingerprint density at radius 1 is 1.42 bits per heavy atom. The molecule has 0 saturated carbocycles. The molecule has 0 radical (unpaired) electrons. The van der Waals surface area contributed by atoms with Crippen LogP contribution in [0.5, 0.6) is 0 Å². The van der Waals surface area contributed by atoms with Crippen LogP contribution in [0.3, 0.4) is 0 Å². The second-order valence-corrected chi connectivity index (χ2v) is 4.35. The molecule has 1 aliphatic rings. The molecule has 5 nitrogen and oxygen atoms in total. The molecule has 0 aromatic heterocycles. The lowest BCUT2D eigenvalue weighted by atomic mass is 10.2. The van der Waals surface area contributed by atoms with Crippen LogP contribution in [0.4, 0.5) is 10.5 Å². The van der Waals surface area contributed by atoms with E-state index in [9.17, 15) is 9.59 Å². The number of hydrogen-bond acceptors (Lipinski definition) is 4. The summed E-state index contributed by atoms with van der Waals surface area (Å²) in [6, 6.07) is 6.65. The van der Waals surface area contributed by atoms with Crippen molar-refractivity contribution >= 4 is 17.7 Å². The largest absolute Gasteiger partial charge is 0.458 e. The molecule has 0 bridgehead atoms. The number of cyclic esters (lactones) is 1. The van der Waals surface area contributed by atoms with E-state index in [-0.39, 0.29) is 12.7 Å². The fraction of sp³-hybridized carbons (Fsp3) is 0.286. The van der Waals surface area contributed by atoms with Crippen molar-refractivity contribution in [2.45, 2.75) is 6.92 Å². The quantitative estimate of drug-likeness (QED) is 0.616. The molecule has 0 aliphatic carbocycles. The van der Waals surface area contributed by atoms with Crippen LogP contribution in [0.2, 0.25) is 0 Å². The second-order valence-electron chi connectivity index (χ2n) is 4.35. The Balaban J connectivity index is 2.03. The zero-order valence-corrected chi connectivity index (χ0v) is 10.7. The summed E-state index contributed by atoms with van der Waals surface area (Å²) in [4.78, 5) is 24.6. The Bertz CT molecular complexity index is 507. The zero-order chi connectivity index (χ0) is 13.8. The van der Waals surface area contributed by atoms with Crippen molar-refractivity contribution < 1.29 is 19.1 Å². The van der Waals surface area contributed by atoms with Crippen molar-refractivity contribution in [3.63, 3.8) is 0 Å². The normalized spacial score (nSPS) is 14.2. The number of benzene rings is 1. The van der Waals surface area contributed by atoms with Gasteiger partial charge < -0.3 is 9.47 Å². The van der Waals surface area contributed by atoms with Gasteiger partial charge in [0.2, 0.25) is 0 Å². The third kappa shape index (κ3) is 3.13. The lowest BCUT2D eigenvalue weighted by Crippen LogP contribution is -2.23. The van der Waals surface area contributed by atoms with Crippen molar-refractivity contribution in [3.05, 3.63) is 42.0 Å². The van der Waals surface area contributed by atoms with E-state index in [1.165, 1.54) is 4.90 Å². The molecule has 0 atom stereocenters. The Morgan fingerprint density at radius 3 is 2.63 bits per heavy atom. The molecule has 1 aromatic rings. The summed E-state index contributed by atoms with van der Waals surface area (Å²) in [5.41, 5.74) is 1.93. The van der Waals surface area contributed by atoms with Crippen LogP contribution in [0.15, 0.2) is 36.4 Å². The summed E-state index contributed by atoms with van der Waals surface area (Å²) < 4.78 is 9.88. The molecule has 5 heteroatoms. The third-order valence-electron chi connectivity index (χ3n) is 2.63. The maximum Gasteiger partial charge on any atom is 0.414 e. The van der Waals surface area contributed by atoms with E-state index >= 15 is 0 Å².